The van der Waals surface area contributed by atoms with Gasteiger partial charge in [-0.15, -0.1) is 0 Å². The zero-order chi connectivity index (χ0) is 21.7. The SMILES string of the molecule is CC(NC(=O)Nc1cc(N)c(C(=N)c2ccnc(F)c2)c(CO)n1)c1ccccc1. The molecule has 0 aliphatic carbocycles. The van der Waals surface area contributed by atoms with E-state index in [-0.39, 0.29) is 40.1 Å². The molecular weight excluding hydrogens is 387 g/mol. The van der Waals surface area contributed by atoms with Gasteiger partial charge >= 0.3 is 6.03 Å². The van der Waals surface area contributed by atoms with Crippen LogP contribution in [0.25, 0.3) is 0 Å². The van der Waals surface area contributed by atoms with E-state index in [1.165, 1.54) is 18.3 Å². The highest BCUT2D eigenvalue weighted by atomic mass is 19.1. The number of hydrogen-bond acceptors (Lipinski definition) is 6. The van der Waals surface area contributed by atoms with E-state index in [1.54, 1.807) is 0 Å². The number of pyridine rings is 2. The first-order chi connectivity index (χ1) is 14.4. The van der Waals surface area contributed by atoms with E-state index in [4.69, 9.17) is 11.1 Å². The third-order valence-electron chi connectivity index (χ3n) is 4.43. The predicted octanol–water partition coefficient (Wildman–Crippen LogP) is 2.99. The molecule has 1 aromatic carbocycles. The molecule has 3 rings (SSSR count). The van der Waals surface area contributed by atoms with Crippen LogP contribution >= 0.6 is 0 Å². The second-order valence-corrected chi connectivity index (χ2v) is 6.55. The Hall–Kier alpha value is -3.85. The number of rotatable bonds is 6. The van der Waals surface area contributed by atoms with Crippen LogP contribution in [0.5, 0.6) is 0 Å². The van der Waals surface area contributed by atoms with Crippen molar-refractivity contribution in [1.82, 2.24) is 15.3 Å². The van der Waals surface area contributed by atoms with Gasteiger partial charge in [0.15, 0.2) is 0 Å². The van der Waals surface area contributed by atoms with Crippen LogP contribution in [0, 0.1) is 11.4 Å². The molecule has 0 radical (unpaired) electrons. The Morgan fingerprint density at radius 3 is 2.67 bits per heavy atom. The van der Waals surface area contributed by atoms with E-state index in [0.717, 1.165) is 11.6 Å². The van der Waals surface area contributed by atoms with Crippen LogP contribution < -0.4 is 16.4 Å². The second kappa shape index (κ2) is 9.10. The normalized spacial score (nSPS) is 11.6. The molecule has 1 unspecified atom stereocenters. The zero-order valence-electron chi connectivity index (χ0n) is 16.2. The van der Waals surface area contributed by atoms with Gasteiger partial charge in [0.05, 0.1) is 24.1 Å². The molecule has 0 spiro atoms. The summed E-state index contributed by atoms with van der Waals surface area (Å²) in [6.07, 6.45) is 1.23. The van der Waals surface area contributed by atoms with Gasteiger partial charge in [0, 0.05) is 35.1 Å². The smallest absolute Gasteiger partial charge is 0.320 e. The van der Waals surface area contributed by atoms with Crippen molar-refractivity contribution in [2.75, 3.05) is 11.1 Å². The van der Waals surface area contributed by atoms with Crippen LogP contribution in [0.15, 0.2) is 54.7 Å². The fourth-order valence-electron chi connectivity index (χ4n) is 2.96. The number of urea groups is 1. The fourth-order valence-corrected chi connectivity index (χ4v) is 2.96. The van der Waals surface area contributed by atoms with E-state index in [9.17, 15) is 14.3 Å². The summed E-state index contributed by atoms with van der Waals surface area (Å²) in [7, 11) is 0. The molecule has 0 bridgehead atoms. The minimum absolute atomic E-state index is 0.0867. The van der Waals surface area contributed by atoms with E-state index in [1.807, 2.05) is 37.3 Å². The number of nitrogen functional groups attached to an aromatic ring is 1. The maximum absolute atomic E-state index is 13.4. The number of anilines is 2. The van der Waals surface area contributed by atoms with Crippen molar-refractivity contribution in [2.45, 2.75) is 19.6 Å². The lowest BCUT2D eigenvalue weighted by Gasteiger charge is -2.17. The van der Waals surface area contributed by atoms with Crippen LogP contribution in [-0.4, -0.2) is 26.8 Å². The molecule has 9 heteroatoms. The first-order valence-corrected chi connectivity index (χ1v) is 9.12. The predicted molar refractivity (Wildman–Crippen MR) is 112 cm³/mol. The van der Waals surface area contributed by atoms with E-state index in [0.29, 0.717) is 0 Å². The summed E-state index contributed by atoms with van der Waals surface area (Å²) in [5.41, 5.74) is 7.49. The van der Waals surface area contributed by atoms with Crippen molar-refractivity contribution < 1.29 is 14.3 Å². The molecule has 30 heavy (non-hydrogen) atoms. The lowest BCUT2D eigenvalue weighted by Crippen LogP contribution is -2.31. The Kier molecular flexibility index (Phi) is 6.33. The van der Waals surface area contributed by atoms with Crippen LogP contribution in [-0.2, 0) is 6.61 Å². The Bertz CT molecular complexity index is 1070. The molecule has 6 N–H and O–H groups in total. The summed E-state index contributed by atoms with van der Waals surface area (Å²) >= 11 is 0. The number of nitrogens with two attached hydrogens (primary N) is 1. The number of aliphatic hydroxyl groups is 1. The standard InChI is InChI=1S/C21H21FN6O2/c1-12(13-5-3-2-4-6-13)26-21(30)28-18-10-15(23)19(16(11-29)27-18)20(24)14-7-8-25-17(22)9-14/h2-10,12,24,29H,11H2,1H3,(H4,23,26,27,28,30). The van der Waals surface area contributed by atoms with Crippen LogP contribution in [0.1, 0.15) is 35.3 Å². The van der Waals surface area contributed by atoms with Gasteiger partial charge in [-0.1, -0.05) is 30.3 Å². The van der Waals surface area contributed by atoms with Gasteiger partial charge in [0.2, 0.25) is 5.95 Å². The topological polar surface area (TPSA) is 137 Å². The molecule has 8 nitrogen and oxygen atoms in total. The van der Waals surface area contributed by atoms with Gasteiger partial charge in [0.1, 0.15) is 5.82 Å². The summed E-state index contributed by atoms with van der Waals surface area (Å²) in [5.74, 6) is -0.622. The summed E-state index contributed by atoms with van der Waals surface area (Å²) in [5, 5.41) is 23.4. The second-order valence-electron chi connectivity index (χ2n) is 6.55. The number of carbonyl (C=O) groups is 1. The zero-order valence-corrected chi connectivity index (χ0v) is 16.2. The van der Waals surface area contributed by atoms with Gasteiger partial charge in [-0.25, -0.2) is 14.8 Å². The molecule has 2 amide bonds. The molecule has 2 aromatic heterocycles. The van der Waals surface area contributed by atoms with Crippen molar-refractivity contribution in [2.24, 2.45) is 0 Å². The van der Waals surface area contributed by atoms with Gasteiger partial charge in [0.25, 0.3) is 0 Å². The van der Waals surface area contributed by atoms with Crippen LogP contribution in [0.3, 0.4) is 0 Å². The Morgan fingerprint density at radius 2 is 2.00 bits per heavy atom. The molecule has 0 fully saturated rings. The van der Waals surface area contributed by atoms with Crippen molar-refractivity contribution in [3.8, 4) is 0 Å². The van der Waals surface area contributed by atoms with Gasteiger partial charge < -0.3 is 16.2 Å². The summed E-state index contributed by atoms with van der Waals surface area (Å²) in [4.78, 5) is 20.0. The molecule has 154 valence electrons. The van der Waals surface area contributed by atoms with Crippen LogP contribution in [0.2, 0.25) is 0 Å². The van der Waals surface area contributed by atoms with Crippen molar-refractivity contribution in [3.05, 3.63) is 83.1 Å². The van der Waals surface area contributed by atoms with Crippen molar-refractivity contribution in [3.63, 3.8) is 0 Å². The first kappa shape index (κ1) is 20.9. The van der Waals surface area contributed by atoms with Gasteiger partial charge in [-0.2, -0.15) is 4.39 Å². The fraction of sp³-hybridized carbons (Fsp3) is 0.143. The number of nitrogens with one attached hydrogen (secondary N) is 3. The van der Waals surface area contributed by atoms with Gasteiger partial charge in [-0.3, -0.25) is 10.7 Å². The number of aliphatic hydroxyl groups excluding tert-OH is 1. The lowest BCUT2D eigenvalue weighted by molar-refractivity contribution is 0.249. The summed E-state index contributed by atoms with van der Waals surface area (Å²) in [6.45, 7) is 1.32. The molecule has 0 saturated heterocycles. The van der Waals surface area contributed by atoms with Gasteiger partial charge in [-0.05, 0) is 18.6 Å². The average molecular weight is 408 g/mol. The molecular formula is C21H21FN6O2. The molecule has 0 aliphatic rings. The number of hydrogen-bond donors (Lipinski definition) is 5. The summed E-state index contributed by atoms with van der Waals surface area (Å²) in [6, 6.07) is 12.6. The molecule has 0 saturated carbocycles. The first-order valence-electron chi connectivity index (χ1n) is 9.12. The third-order valence-corrected chi connectivity index (χ3v) is 4.43. The number of carbonyl (C=O) groups excluding carboxylic acids is 1. The van der Waals surface area contributed by atoms with E-state index < -0.39 is 18.6 Å². The number of benzene rings is 1. The van der Waals surface area contributed by atoms with Crippen molar-refractivity contribution >= 4 is 23.2 Å². The highest BCUT2D eigenvalue weighted by Gasteiger charge is 2.18. The molecule has 3 aromatic rings. The highest BCUT2D eigenvalue weighted by molar-refractivity contribution is 6.14. The lowest BCUT2D eigenvalue weighted by atomic mass is 10.00. The quantitative estimate of drug-likeness (QED) is 0.315. The van der Waals surface area contributed by atoms with E-state index in [2.05, 4.69) is 20.6 Å². The molecule has 0 aliphatic heterocycles. The Labute approximate surface area is 172 Å². The Balaban J connectivity index is 1.80. The third kappa shape index (κ3) is 4.76. The number of halogens is 1. The maximum atomic E-state index is 13.4. The highest BCUT2D eigenvalue weighted by Crippen LogP contribution is 2.24. The largest absolute Gasteiger partial charge is 0.398 e. The molecule has 1 atom stereocenters. The number of aromatic nitrogens is 2. The Morgan fingerprint density at radius 1 is 1.27 bits per heavy atom. The maximum Gasteiger partial charge on any atom is 0.320 e. The minimum atomic E-state index is -0.739. The minimum Gasteiger partial charge on any atom is -0.398 e. The monoisotopic (exact) mass is 408 g/mol. The summed E-state index contributed by atoms with van der Waals surface area (Å²) < 4.78 is 13.4. The van der Waals surface area contributed by atoms with Crippen LogP contribution in [0.4, 0.5) is 20.7 Å². The van der Waals surface area contributed by atoms with Crippen molar-refractivity contribution in [1.29, 1.82) is 5.41 Å². The number of nitrogens with zero attached hydrogens (tertiary/aromatic N) is 2. The molecule has 2 heterocycles. The number of amides is 2. The van der Waals surface area contributed by atoms with E-state index >= 15 is 0 Å². The average Bonchev–Trinajstić information content (AvgIpc) is 2.73.